The highest BCUT2D eigenvalue weighted by molar-refractivity contribution is 5.82. The summed E-state index contributed by atoms with van der Waals surface area (Å²) < 4.78 is 4.78. The Morgan fingerprint density at radius 2 is 2.20 bits per heavy atom. The third-order valence-electron chi connectivity index (χ3n) is 0.720. The number of ether oxygens (including phenoxy) is 1. The number of carbonyl (C=O) groups excluding carboxylic acids is 1. The van der Waals surface area contributed by atoms with Crippen molar-refractivity contribution in [2.75, 3.05) is 0 Å². The van der Waals surface area contributed by atoms with Crippen LogP contribution in [0.5, 0.6) is 0 Å². The average Bonchev–Trinajstić information content (AvgIpc) is 1.82. The Kier molecular flexibility index (Phi) is 4.29. The van der Waals surface area contributed by atoms with Crippen molar-refractivity contribution >= 4 is 5.97 Å². The van der Waals surface area contributed by atoms with Crippen molar-refractivity contribution in [1.29, 1.82) is 0 Å². The maximum absolute atomic E-state index is 10.7. The fourth-order valence-electron chi connectivity index (χ4n) is 0.418. The quantitative estimate of drug-likeness (QED) is 0.338. The molecule has 0 rings (SSSR count). The molecule has 10 heavy (non-hydrogen) atoms. The van der Waals surface area contributed by atoms with Gasteiger partial charge in [-0.3, -0.25) is 0 Å². The Morgan fingerprint density at radius 3 is 2.60 bits per heavy atom. The lowest BCUT2D eigenvalue weighted by molar-refractivity contribution is -0.141. The molecule has 0 amide bonds. The standard InChI is InChI=1S/C8H12O2/c1-4-5-6-8(9)10-7(2)3/h4-7H,1H2,2-3H3/b6-5+. The summed E-state index contributed by atoms with van der Waals surface area (Å²) >= 11 is 0. The van der Waals surface area contributed by atoms with Gasteiger partial charge >= 0.3 is 5.97 Å². The second-order valence-corrected chi connectivity index (χ2v) is 2.08. The second kappa shape index (κ2) is 4.79. The van der Waals surface area contributed by atoms with E-state index in [2.05, 4.69) is 6.58 Å². The minimum Gasteiger partial charge on any atom is -0.460 e. The molecule has 0 bridgehead atoms. The second-order valence-electron chi connectivity index (χ2n) is 2.08. The largest absolute Gasteiger partial charge is 0.460 e. The number of hydrogen-bond acceptors (Lipinski definition) is 2. The molecule has 2 nitrogen and oxygen atoms in total. The van der Waals surface area contributed by atoms with Crippen molar-refractivity contribution in [3.63, 3.8) is 0 Å². The maximum atomic E-state index is 10.7. The van der Waals surface area contributed by atoms with Gasteiger partial charge in [0.1, 0.15) is 0 Å². The molecule has 0 spiro atoms. The normalized spacial score (nSPS) is 10.3. The van der Waals surface area contributed by atoms with Crippen molar-refractivity contribution < 1.29 is 9.53 Å². The summed E-state index contributed by atoms with van der Waals surface area (Å²) in [6, 6.07) is 0. The minimum atomic E-state index is -0.324. The van der Waals surface area contributed by atoms with Gasteiger partial charge in [-0.15, -0.1) is 0 Å². The Morgan fingerprint density at radius 1 is 1.60 bits per heavy atom. The van der Waals surface area contributed by atoms with E-state index in [1.807, 2.05) is 0 Å². The Labute approximate surface area is 61.2 Å². The van der Waals surface area contributed by atoms with Gasteiger partial charge in [-0.2, -0.15) is 0 Å². The first-order valence-corrected chi connectivity index (χ1v) is 3.16. The smallest absolute Gasteiger partial charge is 0.330 e. The molecule has 56 valence electrons. The van der Waals surface area contributed by atoms with Crippen LogP contribution in [0.15, 0.2) is 24.8 Å². The topological polar surface area (TPSA) is 26.3 Å². The van der Waals surface area contributed by atoms with E-state index in [4.69, 9.17) is 4.74 Å². The highest BCUT2D eigenvalue weighted by Crippen LogP contribution is 1.89. The average molecular weight is 140 g/mol. The summed E-state index contributed by atoms with van der Waals surface area (Å²) in [5, 5.41) is 0. The number of allylic oxidation sites excluding steroid dienone is 2. The van der Waals surface area contributed by atoms with Crippen LogP contribution >= 0.6 is 0 Å². The molecule has 0 aliphatic rings. The molecule has 0 atom stereocenters. The van der Waals surface area contributed by atoms with Crippen LogP contribution in [0.25, 0.3) is 0 Å². The molecule has 0 aromatic rings. The van der Waals surface area contributed by atoms with Crippen LogP contribution < -0.4 is 0 Å². The van der Waals surface area contributed by atoms with Gasteiger partial charge in [0.05, 0.1) is 6.10 Å². The molecule has 0 radical (unpaired) electrons. The SMILES string of the molecule is C=C/C=C/C(=O)OC(C)C. The zero-order valence-electron chi connectivity index (χ0n) is 6.33. The van der Waals surface area contributed by atoms with Gasteiger partial charge < -0.3 is 4.74 Å². The van der Waals surface area contributed by atoms with E-state index < -0.39 is 0 Å². The lowest BCUT2D eigenvalue weighted by Crippen LogP contribution is -2.08. The first kappa shape index (κ1) is 8.95. The minimum absolute atomic E-state index is 0.0537. The first-order valence-electron chi connectivity index (χ1n) is 3.16. The Balaban J connectivity index is 3.64. The van der Waals surface area contributed by atoms with Crippen LogP contribution in [0.2, 0.25) is 0 Å². The van der Waals surface area contributed by atoms with Crippen molar-refractivity contribution in [3.8, 4) is 0 Å². The predicted molar refractivity (Wildman–Crippen MR) is 40.6 cm³/mol. The molecule has 0 saturated carbocycles. The van der Waals surface area contributed by atoms with Gasteiger partial charge in [0, 0.05) is 6.08 Å². The van der Waals surface area contributed by atoms with E-state index in [-0.39, 0.29) is 12.1 Å². The van der Waals surface area contributed by atoms with Crippen molar-refractivity contribution in [2.45, 2.75) is 20.0 Å². The zero-order chi connectivity index (χ0) is 7.98. The lowest BCUT2D eigenvalue weighted by atomic mass is 10.4. The lowest BCUT2D eigenvalue weighted by Gasteiger charge is -2.02. The molecule has 0 aromatic heterocycles. The molecule has 0 saturated heterocycles. The summed E-state index contributed by atoms with van der Waals surface area (Å²) in [6.45, 7) is 7.03. The van der Waals surface area contributed by atoms with Crippen LogP contribution in [0.1, 0.15) is 13.8 Å². The van der Waals surface area contributed by atoms with E-state index in [1.165, 1.54) is 12.2 Å². The third kappa shape index (κ3) is 5.09. The molecular weight excluding hydrogens is 128 g/mol. The van der Waals surface area contributed by atoms with Gasteiger partial charge in [0.25, 0.3) is 0 Å². The summed E-state index contributed by atoms with van der Waals surface area (Å²) in [7, 11) is 0. The molecule has 0 fully saturated rings. The number of rotatable bonds is 3. The molecule has 0 unspecified atom stereocenters. The van der Waals surface area contributed by atoms with E-state index in [1.54, 1.807) is 19.9 Å². The van der Waals surface area contributed by atoms with E-state index in [0.29, 0.717) is 0 Å². The number of hydrogen-bond donors (Lipinski definition) is 0. The zero-order valence-corrected chi connectivity index (χ0v) is 6.33. The Hall–Kier alpha value is -1.05. The van der Waals surface area contributed by atoms with Crippen molar-refractivity contribution in [2.24, 2.45) is 0 Å². The molecule has 0 aliphatic carbocycles. The van der Waals surface area contributed by atoms with Crippen LogP contribution in [0.4, 0.5) is 0 Å². The summed E-state index contributed by atoms with van der Waals surface area (Å²) in [4.78, 5) is 10.7. The van der Waals surface area contributed by atoms with Gasteiger partial charge in [-0.25, -0.2) is 4.79 Å². The predicted octanol–water partition coefficient (Wildman–Crippen LogP) is 1.68. The molecule has 0 aromatic carbocycles. The van der Waals surface area contributed by atoms with Gasteiger partial charge in [0.15, 0.2) is 0 Å². The van der Waals surface area contributed by atoms with Gasteiger partial charge in [-0.1, -0.05) is 18.7 Å². The number of esters is 1. The summed E-state index contributed by atoms with van der Waals surface area (Å²) in [5.41, 5.74) is 0. The highest BCUT2D eigenvalue weighted by atomic mass is 16.5. The van der Waals surface area contributed by atoms with Crippen LogP contribution in [0, 0.1) is 0 Å². The van der Waals surface area contributed by atoms with E-state index >= 15 is 0 Å². The third-order valence-corrected chi connectivity index (χ3v) is 0.720. The fourth-order valence-corrected chi connectivity index (χ4v) is 0.418. The fraction of sp³-hybridized carbons (Fsp3) is 0.375. The number of carbonyl (C=O) groups is 1. The monoisotopic (exact) mass is 140 g/mol. The molecular formula is C8H12O2. The molecule has 0 aliphatic heterocycles. The highest BCUT2D eigenvalue weighted by Gasteiger charge is 1.97. The van der Waals surface area contributed by atoms with Crippen molar-refractivity contribution in [1.82, 2.24) is 0 Å². The van der Waals surface area contributed by atoms with Crippen LogP contribution in [-0.2, 0) is 9.53 Å². The van der Waals surface area contributed by atoms with Crippen LogP contribution in [0.3, 0.4) is 0 Å². The first-order chi connectivity index (χ1) is 4.66. The van der Waals surface area contributed by atoms with Gasteiger partial charge in [0.2, 0.25) is 0 Å². The Bertz CT molecular complexity index is 145. The van der Waals surface area contributed by atoms with Gasteiger partial charge in [-0.05, 0) is 13.8 Å². The maximum Gasteiger partial charge on any atom is 0.330 e. The summed E-state index contributed by atoms with van der Waals surface area (Å²) in [6.07, 6.45) is 4.36. The molecule has 0 heterocycles. The van der Waals surface area contributed by atoms with E-state index in [0.717, 1.165) is 0 Å². The summed E-state index contributed by atoms with van der Waals surface area (Å²) in [5.74, 6) is -0.324. The van der Waals surface area contributed by atoms with Crippen LogP contribution in [-0.4, -0.2) is 12.1 Å². The molecule has 2 heteroatoms. The van der Waals surface area contributed by atoms with E-state index in [9.17, 15) is 4.79 Å². The van der Waals surface area contributed by atoms with Crippen molar-refractivity contribution in [3.05, 3.63) is 24.8 Å². The molecule has 0 N–H and O–H groups in total.